The lowest BCUT2D eigenvalue weighted by Gasteiger charge is -2.10. The third-order valence-electron chi connectivity index (χ3n) is 1.92. The van der Waals surface area contributed by atoms with Crippen molar-refractivity contribution in [3.8, 4) is 0 Å². The number of carboxylic acid groups (broad SMARTS) is 1. The first-order chi connectivity index (χ1) is 8.40. The summed E-state index contributed by atoms with van der Waals surface area (Å²) in [4.78, 5) is 21.5. The van der Waals surface area contributed by atoms with Crippen LogP contribution in [0, 0.1) is 5.82 Å². The van der Waals surface area contributed by atoms with E-state index < -0.39 is 30.5 Å². The van der Waals surface area contributed by atoms with Crippen LogP contribution in [0.2, 0.25) is 5.02 Å². The maximum absolute atomic E-state index is 13.2. The zero-order valence-corrected chi connectivity index (χ0v) is 9.74. The highest BCUT2D eigenvalue weighted by molar-refractivity contribution is 6.30. The molecule has 0 fully saturated rings. The van der Waals surface area contributed by atoms with Gasteiger partial charge in [-0.15, -0.1) is 0 Å². The van der Waals surface area contributed by atoms with Crippen LogP contribution in [-0.4, -0.2) is 34.9 Å². The van der Waals surface area contributed by atoms with E-state index in [9.17, 15) is 14.0 Å². The van der Waals surface area contributed by atoms with Crippen molar-refractivity contribution in [3.63, 3.8) is 0 Å². The summed E-state index contributed by atoms with van der Waals surface area (Å²) in [7, 11) is 0. The molecule has 0 saturated heterocycles. The number of aliphatic hydroxyl groups excluding tert-OH is 1. The van der Waals surface area contributed by atoms with Gasteiger partial charge in [0.15, 0.2) is 6.10 Å². The number of anilines is 1. The number of carboxylic acids is 1. The standard InChI is InChI=1S/C10H10ClFN2O4/c11-5-1-2-6(12)7(3-5)14-10(18)13-4-8(15)9(16)17/h1-3,8,15H,4H2,(H,16,17)(H2,13,14,18)/t8-/m0/s1. The van der Waals surface area contributed by atoms with Gasteiger partial charge in [-0.3, -0.25) is 0 Å². The molecule has 1 aromatic rings. The number of halogens is 2. The minimum atomic E-state index is -1.72. The van der Waals surface area contributed by atoms with Crippen LogP contribution in [0.1, 0.15) is 0 Å². The molecule has 4 N–H and O–H groups in total. The van der Waals surface area contributed by atoms with Crippen molar-refractivity contribution in [2.75, 3.05) is 11.9 Å². The highest BCUT2D eigenvalue weighted by Crippen LogP contribution is 2.19. The molecule has 1 aromatic carbocycles. The second-order valence-electron chi connectivity index (χ2n) is 3.31. The third-order valence-corrected chi connectivity index (χ3v) is 2.15. The van der Waals surface area contributed by atoms with E-state index in [4.69, 9.17) is 21.8 Å². The fourth-order valence-electron chi connectivity index (χ4n) is 1.04. The number of benzene rings is 1. The van der Waals surface area contributed by atoms with E-state index in [1.165, 1.54) is 12.1 Å². The van der Waals surface area contributed by atoms with Crippen LogP contribution >= 0.6 is 11.6 Å². The molecule has 8 heteroatoms. The predicted molar refractivity (Wildman–Crippen MR) is 62.1 cm³/mol. The molecule has 0 aliphatic rings. The Kier molecular flexibility index (Phi) is 4.87. The van der Waals surface area contributed by atoms with Crippen molar-refractivity contribution in [2.24, 2.45) is 0 Å². The van der Waals surface area contributed by atoms with E-state index in [1.54, 1.807) is 0 Å². The number of hydrogen-bond acceptors (Lipinski definition) is 3. The Morgan fingerprint density at radius 2 is 2.11 bits per heavy atom. The van der Waals surface area contributed by atoms with Gasteiger partial charge < -0.3 is 20.8 Å². The summed E-state index contributed by atoms with van der Waals surface area (Å²) in [5.74, 6) is -2.16. The molecule has 0 spiro atoms. The maximum atomic E-state index is 13.2. The fraction of sp³-hybridized carbons (Fsp3) is 0.200. The van der Waals surface area contributed by atoms with Crippen LogP contribution < -0.4 is 10.6 Å². The molecule has 1 rings (SSSR count). The van der Waals surface area contributed by atoms with Gasteiger partial charge in [0.2, 0.25) is 0 Å². The Hall–Kier alpha value is -1.86. The smallest absolute Gasteiger partial charge is 0.334 e. The molecule has 0 radical (unpaired) electrons. The van der Waals surface area contributed by atoms with E-state index in [0.717, 1.165) is 6.07 Å². The van der Waals surface area contributed by atoms with Gasteiger partial charge in [0.1, 0.15) is 5.82 Å². The predicted octanol–water partition coefficient (Wildman–Crippen LogP) is 1.05. The van der Waals surface area contributed by atoms with Crippen LogP contribution in [0.15, 0.2) is 18.2 Å². The lowest BCUT2D eigenvalue weighted by molar-refractivity contribution is -0.146. The minimum absolute atomic E-state index is 0.148. The highest BCUT2D eigenvalue weighted by Gasteiger charge is 2.14. The fourth-order valence-corrected chi connectivity index (χ4v) is 1.21. The molecule has 2 amide bonds. The monoisotopic (exact) mass is 276 g/mol. The molecule has 0 heterocycles. The molecular weight excluding hydrogens is 267 g/mol. The Morgan fingerprint density at radius 1 is 1.44 bits per heavy atom. The molecule has 1 atom stereocenters. The first kappa shape index (κ1) is 14.2. The van der Waals surface area contributed by atoms with E-state index >= 15 is 0 Å². The Labute approximate surface area is 106 Å². The molecule has 0 bridgehead atoms. The summed E-state index contributed by atoms with van der Waals surface area (Å²) in [5, 5.41) is 21.7. The van der Waals surface area contributed by atoms with Crippen molar-refractivity contribution in [1.29, 1.82) is 0 Å². The van der Waals surface area contributed by atoms with E-state index in [1.807, 2.05) is 0 Å². The maximum Gasteiger partial charge on any atom is 0.334 e. The largest absolute Gasteiger partial charge is 0.479 e. The van der Waals surface area contributed by atoms with Crippen molar-refractivity contribution >= 4 is 29.3 Å². The van der Waals surface area contributed by atoms with Gasteiger partial charge >= 0.3 is 12.0 Å². The summed E-state index contributed by atoms with van der Waals surface area (Å²) >= 11 is 5.61. The Bertz CT molecular complexity index is 469. The zero-order chi connectivity index (χ0) is 13.7. The molecule has 0 aliphatic heterocycles. The van der Waals surface area contributed by atoms with E-state index in [0.29, 0.717) is 0 Å². The number of aliphatic hydroxyl groups is 1. The van der Waals surface area contributed by atoms with Crippen LogP contribution in [0.5, 0.6) is 0 Å². The SMILES string of the molecule is O=C(NC[C@H](O)C(=O)O)Nc1cc(Cl)ccc1F. The van der Waals surface area contributed by atoms with Gasteiger partial charge in [0.25, 0.3) is 0 Å². The number of hydrogen-bond donors (Lipinski definition) is 4. The molecule has 6 nitrogen and oxygen atoms in total. The normalized spacial score (nSPS) is 11.7. The number of rotatable bonds is 4. The van der Waals surface area contributed by atoms with Crippen molar-refractivity contribution in [3.05, 3.63) is 29.0 Å². The average molecular weight is 277 g/mol. The topological polar surface area (TPSA) is 98.7 Å². The Morgan fingerprint density at radius 3 is 2.72 bits per heavy atom. The summed E-state index contributed by atoms with van der Waals surface area (Å²) in [6, 6.07) is 2.74. The van der Waals surface area contributed by atoms with Gasteiger partial charge in [-0.25, -0.2) is 14.0 Å². The van der Waals surface area contributed by atoms with Crippen molar-refractivity contribution < 1.29 is 24.2 Å². The van der Waals surface area contributed by atoms with Crippen LogP contribution in [0.3, 0.4) is 0 Å². The zero-order valence-electron chi connectivity index (χ0n) is 8.98. The average Bonchev–Trinajstić information content (AvgIpc) is 2.30. The number of carbonyl (C=O) groups excluding carboxylic acids is 1. The van der Waals surface area contributed by atoms with Gasteiger partial charge in [0, 0.05) is 5.02 Å². The minimum Gasteiger partial charge on any atom is -0.479 e. The van der Waals surface area contributed by atoms with Gasteiger partial charge in [-0.1, -0.05) is 11.6 Å². The molecule has 0 aliphatic carbocycles. The number of nitrogens with one attached hydrogen (secondary N) is 2. The van der Waals surface area contributed by atoms with Gasteiger partial charge in [-0.2, -0.15) is 0 Å². The second kappa shape index (κ2) is 6.18. The summed E-state index contributed by atoms with van der Waals surface area (Å²) in [5.41, 5.74) is -0.148. The molecule has 18 heavy (non-hydrogen) atoms. The number of aliphatic carboxylic acids is 1. The van der Waals surface area contributed by atoms with E-state index in [2.05, 4.69) is 10.6 Å². The van der Waals surface area contributed by atoms with E-state index in [-0.39, 0.29) is 10.7 Å². The lowest BCUT2D eigenvalue weighted by atomic mass is 10.3. The molecular formula is C10H10ClFN2O4. The van der Waals surface area contributed by atoms with Crippen molar-refractivity contribution in [2.45, 2.75) is 6.10 Å². The number of urea groups is 1. The first-order valence-corrected chi connectivity index (χ1v) is 5.18. The Balaban J connectivity index is 2.54. The summed E-state index contributed by atoms with van der Waals surface area (Å²) in [6.45, 7) is -0.497. The summed E-state index contributed by atoms with van der Waals surface area (Å²) < 4.78 is 13.2. The lowest BCUT2D eigenvalue weighted by Crippen LogP contribution is -2.38. The van der Waals surface area contributed by atoms with Crippen LogP contribution in [0.4, 0.5) is 14.9 Å². The highest BCUT2D eigenvalue weighted by atomic mass is 35.5. The number of carbonyl (C=O) groups is 2. The second-order valence-corrected chi connectivity index (χ2v) is 3.75. The number of amides is 2. The summed E-state index contributed by atoms with van der Waals surface area (Å²) in [6.07, 6.45) is -1.72. The van der Waals surface area contributed by atoms with Gasteiger partial charge in [-0.05, 0) is 18.2 Å². The third kappa shape index (κ3) is 4.19. The molecule has 98 valence electrons. The van der Waals surface area contributed by atoms with Crippen molar-refractivity contribution in [1.82, 2.24) is 5.32 Å². The van der Waals surface area contributed by atoms with Gasteiger partial charge in [0.05, 0.1) is 12.2 Å². The first-order valence-electron chi connectivity index (χ1n) is 4.81. The quantitative estimate of drug-likeness (QED) is 0.660. The molecule has 0 aromatic heterocycles. The van der Waals surface area contributed by atoms with Crippen LogP contribution in [0.25, 0.3) is 0 Å². The van der Waals surface area contributed by atoms with Crippen LogP contribution in [-0.2, 0) is 4.79 Å². The molecule has 0 unspecified atom stereocenters. The molecule has 0 saturated carbocycles.